The summed E-state index contributed by atoms with van der Waals surface area (Å²) in [6, 6.07) is 13.9. The summed E-state index contributed by atoms with van der Waals surface area (Å²) in [5.74, 6) is 1.98. The van der Waals surface area contributed by atoms with E-state index in [1.807, 2.05) is 30.3 Å². The Morgan fingerprint density at radius 2 is 1.60 bits per heavy atom. The molecule has 0 fully saturated rings. The van der Waals surface area contributed by atoms with Gasteiger partial charge in [-0.3, -0.25) is 0 Å². The standard InChI is InChI=1S/C18H22O2/c1-12(2)15-10-9-13(3)11-18(15)20-17-8-6-5-7-16(17)14(4)19/h5-12,14,19H,1-4H3/t14-/m1/s1. The summed E-state index contributed by atoms with van der Waals surface area (Å²) in [5.41, 5.74) is 3.15. The summed E-state index contributed by atoms with van der Waals surface area (Å²) in [4.78, 5) is 0. The molecule has 0 aliphatic carbocycles. The van der Waals surface area contributed by atoms with Gasteiger partial charge in [0.25, 0.3) is 0 Å². The van der Waals surface area contributed by atoms with Crippen molar-refractivity contribution < 1.29 is 9.84 Å². The number of aliphatic hydroxyl groups excluding tert-OH is 1. The summed E-state index contributed by atoms with van der Waals surface area (Å²) in [5, 5.41) is 9.84. The SMILES string of the molecule is Cc1ccc(C(C)C)c(Oc2ccccc2[C@@H](C)O)c1. The predicted octanol–water partition coefficient (Wildman–Crippen LogP) is 4.96. The van der Waals surface area contributed by atoms with Gasteiger partial charge in [-0.25, -0.2) is 0 Å². The van der Waals surface area contributed by atoms with Crippen molar-refractivity contribution in [1.29, 1.82) is 0 Å². The van der Waals surface area contributed by atoms with Crippen LogP contribution in [0.4, 0.5) is 0 Å². The number of ether oxygens (including phenoxy) is 1. The second-order valence-electron chi connectivity index (χ2n) is 5.51. The van der Waals surface area contributed by atoms with Gasteiger partial charge in [0, 0.05) is 5.56 Å². The van der Waals surface area contributed by atoms with E-state index in [-0.39, 0.29) is 0 Å². The first kappa shape index (κ1) is 14.6. The van der Waals surface area contributed by atoms with Crippen LogP contribution in [-0.2, 0) is 0 Å². The zero-order valence-electron chi connectivity index (χ0n) is 12.6. The summed E-state index contributed by atoms with van der Waals surface area (Å²) < 4.78 is 6.08. The number of benzene rings is 2. The van der Waals surface area contributed by atoms with Crippen LogP contribution in [0.2, 0.25) is 0 Å². The molecule has 2 heteroatoms. The zero-order valence-corrected chi connectivity index (χ0v) is 12.6. The molecule has 0 unspecified atom stereocenters. The van der Waals surface area contributed by atoms with Gasteiger partial charge in [0.05, 0.1) is 6.10 Å². The van der Waals surface area contributed by atoms with E-state index in [4.69, 9.17) is 4.74 Å². The first-order chi connectivity index (χ1) is 9.49. The van der Waals surface area contributed by atoms with Gasteiger partial charge >= 0.3 is 0 Å². The molecule has 1 atom stereocenters. The van der Waals surface area contributed by atoms with E-state index in [0.717, 1.165) is 17.1 Å². The molecule has 0 heterocycles. The van der Waals surface area contributed by atoms with Crippen molar-refractivity contribution in [2.45, 2.75) is 39.7 Å². The summed E-state index contributed by atoms with van der Waals surface area (Å²) in [7, 11) is 0. The van der Waals surface area contributed by atoms with Crippen molar-refractivity contribution in [3.05, 3.63) is 59.2 Å². The summed E-state index contributed by atoms with van der Waals surface area (Å²) in [6.45, 7) is 8.11. The minimum atomic E-state index is -0.543. The minimum absolute atomic E-state index is 0.393. The van der Waals surface area contributed by atoms with E-state index in [9.17, 15) is 5.11 Å². The van der Waals surface area contributed by atoms with Gasteiger partial charge in [-0.2, -0.15) is 0 Å². The van der Waals surface area contributed by atoms with Gasteiger partial charge in [-0.15, -0.1) is 0 Å². The molecule has 0 aliphatic heterocycles. The molecule has 2 rings (SSSR count). The molecule has 2 nitrogen and oxygen atoms in total. The van der Waals surface area contributed by atoms with Crippen LogP contribution in [0.15, 0.2) is 42.5 Å². The van der Waals surface area contributed by atoms with Gasteiger partial charge in [0.1, 0.15) is 11.5 Å². The molecule has 2 aromatic carbocycles. The Labute approximate surface area is 121 Å². The van der Waals surface area contributed by atoms with E-state index in [1.165, 1.54) is 11.1 Å². The Balaban J connectivity index is 2.42. The molecule has 0 saturated heterocycles. The normalized spacial score (nSPS) is 12.5. The Bertz CT molecular complexity index is 586. The van der Waals surface area contributed by atoms with Gasteiger partial charge in [0.2, 0.25) is 0 Å². The number of aliphatic hydroxyl groups is 1. The summed E-state index contributed by atoms with van der Waals surface area (Å²) >= 11 is 0. The van der Waals surface area contributed by atoms with Crippen LogP contribution >= 0.6 is 0 Å². The largest absolute Gasteiger partial charge is 0.457 e. The zero-order chi connectivity index (χ0) is 14.7. The lowest BCUT2D eigenvalue weighted by Crippen LogP contribution is -1.99. The molecular formula is C18H22O2. The molecule has 0 aliphatic rings. The van der Waals surface area contributed by atoms with Crippen molar-refractivity contribution in [2.75, 3.05) is 0 Å². The summed E-state index contributed by atoms with van der Waals surface area (Å²) in [6.07, 6.45) is -0.543. The third-order valence-electron chi connectivity index (χ3n) is 3.38. The molecule has 0 spiro atoms. The maximum absolute atomic E-state index is 9.84. The van der Waals surface area contributed by atoms with Crippen LogP contribution in [0.3, 0.4) is 0 Å². The average Bonchev–Trinajstić information content (AvgIpc) is 2.38. The van der Waals surface area contributed by atoms with Crippen LogP contribution in [0.1, 0.15) is 49.5 Å². The molecule has 0 radical (unpaired) electrons. The lowest BCUT2D eigenvalue weighted by molar-refractivity contribution is 0.195. The second-order valence-corrected chi connectivity index (χ2v) is 5.51. The molecular weight excluding hydrogens is 248 g/mol. The Kier molecular flexibility index (Phi) is 4.46. The van der Waals surface area contributed by atoms with Gasteiger partial charge < -0.3 is 9.84 Å². The number of hydrogen-bond acceptors (Lipinski definition) is 2. The van der Waals surface area contributed by atoms with E-state index < -0.39 is 6.10 Å². The van der Waals surface area contributed by atoms with E-state index >= 15 is 0 Å². The molecule has 106 valence electrons. The van der Waals surface area contributed by atoms with Crippen molar-refractivity contribution in [2.24, 2.45) is 0 Å². The van der Waals surface area contributed by atoms with Crippen LogP contribution in [0, 0.1) is 6.92 Å². The lowest BCUT2D eigenvalue weighted by Gasteiger charge is -2.17. The first-order valence-electron chi connectivity index (χ1n) is 7.04. The molecule has 0 bridgehead atoms. The highest BCUT2D eigenvalue weighted by Crippen LogP contribution is 2.34. The van der Waals surface area contributed by atoms with Crippen molar-refractivity contribution in [3.63, 3.8) is 0 Å². The van der Waals surface area contributed by atoms with E-state index in [1.54, 1.807) is 6.92 Å². The topological polar surface area (TPSA) is 29.5 Å². The second kappa shape index (κ2) is 6.10. The first-order valence-corrected chi connectivity index (χ1v) is 7.04. The molecule has 2 aromatic rings. The van der Waals surface area contributed by atoms with E-state index in [2.05, 4.69) is 32.9 Å². The molecule has 0 aromatic heterocycles. The number of hydrogen-bond donors (Lipinski definition) is 1. The van der Waals surface area contributed by atoms with Crippen LogP contribution in [0.5, 0.6) is 11.5 Å². The highest BCUT2D eigenvalue weighted by Gasteiger charge is 2.13. The van der Waals surface area contributed by atoms with Gasteiger partial charge in [-0.1, -0.05) is 44.2 Å². The van der Waals surface area contributed by atoms with Crippen molar-refractivity contribution in [3.8, 4) is 11.5 Å². The molecule has 0 saturated carbocycles. The maximum Gasteiger partial charge on any atom is 0.133 e. The van der Waals surface area contributed by atoms with Crippen LogP contribution in [0.25, 0.3) is 0 Å². The maximum atomic E-state index is 9.84. The quantitative estimate of drug-likeness (QED) is 0.850. The minimum Gasteiger partial charge on any atom is -0.457 e. The highest BCUT2D eigenvalue weighted by atomic mass is 16.5. The van der Waals surface area contributed by atoms with Crippen molar-refractivity contribution >= 4 is 0 Å². The third kappa shape index (κ3) is 3.20. The fourth-order valence-corrected chi connectivity index (χ4v) is 2.24. The molecule has 20 heavy (non-hydrogen) atoms. The lowest BCUT2D eigenvalue weighted by atomic mass is 10.0. The smallest absolute Gasteiger partial charge is 0.133 e. The Morgan fingerprint density at radius 3 is 2.25 bits per heavy atom. The number of aryl methyl sites for hydroxylation is 1. The molecule has 1 N–H and O–H groups in total. The Hall–Kier alpha value is -1.80. The van der Waals surface area contributed by atoms with E-state index in [0.29, 0.717) is 5.92 Å². The van der Waals surface area contributed by atoms with Crippen molar-refractivity contribution in [1.82, 2.24) is 0 Å². The fourth-order valence-electron chi connectivity index (χ4n) is 2.24. The van der Waals surface area contributed by atoms with Gasteiger partial charge in [0.15, 0.2) is 0 Å². The molecule has 0 amide bonds. The Morgan fingerprint density at radius 1 is 0.900 bits per heavy atom. The van der Waals surface area contributed by atoms with Gasteiger partial charge in [-0.05, 0) is 43.0 Å². The van der Waals surface area contributed by atoms with Crippen LogP contribution in [-0.4, -0.2) is 5.11 Å². The van der Waals surface area contributed by atoms with Crippen LogP contribution < -0.4 is 4.74 Å². The predicted molar refractivity (Wildman–Crippen MR) is 82.4 cm³/mol. The fraction of sp³-hybridized carbons (Fsp3) is 0.333. The number of para-hydroxylation sites is 1. The highest BCUT2D eigenvalue weighted by molar-refractivity contribution is 5.44. The number of rotatable bonds is 4. The monoisotopic (exact) mass is 270 g/mol. The third-order valence-corrected chi connectivity index (χ3v) is 3.38. The average molecular weight is 270 g/mol.